The van der Waals surface area contributed by atoms with Crippen molar-refractivity contribution in [2.24, 2.45) is 5.73 Å². The molecule has 0 atom stereocenters. The highest BCUT2D eigenvalue weighted by molar-refractivity contribution is 5.87. The lowest BCUT2D eigenvalue weighted by molar-refractivity contribution is 0.146. The topological polar surface area (TPSA) is 44.5 Å². The Hall–Kier alpha value is -1.58. The van der Waals surface area contributed by atoms with Crippen molar-refractivity contribution in [1.82, 2.24) is 0 Å². The van der Waals surface area contributed by atoms with E-state index in [0.717, 1.165) is 12.2 Å². The van der Waals surface area contributed by atoms with Crippen molar-refractivity contribution in [3.05, 3.63) is 42.0 Å². The Morgan fingerprint density at radius 2 is 1.89 bits per heavy atom. The summed E-state index contributed by atoms with van der Waals surface area (Å²) in [6.45, 7) is 1.77. The molecule has 2 N–H and O–H groups in total. The van der Waals surface area contributed by atoms with Crippen LogP contribution in [0.5, 0.6) is 5.75 Å². The smallest absolute Gasteiger partial charge is 0.123 e. The van der Waals surface area contributed by atoms with E-state index in [1.54, 1.807) is 7.11 Å². The molecule has 2 aromatic rings. The number of hydrogen-bond acceptors (Lipinski definition) is 3. The fourth-order valence-corrected chi connectivity index (χ4v) is 2.09. The van der Waals surface area contributed by atoms with Gasteiger partial charge in [-0.3, -0.25) is 0 Å². The second kappa shape index (κ2) is 6.38. The molecule has 18 heavy (non-hydrogen) atoms. The first-order valence-corrected chi connectivity index (χ1v) is 6.19. The molecular weight excluding hydrogens is 226 g/mol. The van der Waals surface area contributed by atoms with E-state index in [9.17, 15) is 0 Å². The molecule has 0 unspecified atom stereocenters. The van der Waals surface area contributed by atoms with Crippen LogP contribution in [0.4, 0.5) is 0 Å². The highest BCUT2D eigenvalue weighted by Gasteiger charge is 2.07. The third-order valence-electron chi connectivity index (χ3n) is 2.94. The summed E-state index contributed by atoms with van der Waals surface area (Å²) in [4.78, 5) is 0. The summed E-state index contributed by atoms with van der Waals surface area (Å²) in [5, 5.41) is 2.44. The Bertz CT molecular complexity index is 511. The SMILES string of the molecule is COCCOc1ccc2ccccc2c1CCN. The van der Waals surface area contributed by atoms with Gasteiger partial charge in [0.05, 0.1) is 6.61 Å². The molecule has 2 aromatic carbocycles. The molecule has 0 heterocycles. The van der Waals surface area contributed by atoms with Crippen molar-refractivity contribution in [1.29, 1.82) is 0 Å². The van der Waals surface area contributed by atoms with Crippen molar-refractivity contribution in [2.45, 2.75) is 6.42 Å². The Kier molecular flexibility index (Phi) is 4.56. The molecule has 0 bridgehead atoms. The molecule has 0 saturated carbocycles. The van der Waals surface area contributed by atoms with Gasteiger partial charge in [-0.25, -0.2) is 0 Å². The minimum Gasteiger partial charge on any atom is -0.491 e. The van der Waals surface area contributed by atoms with E-state index < -0.39 is 0 Å². The maximum Gasteiger partial charge on any atom is 0.123 e. The van der Waals surface area contributed by atoms with Gasteiger partial charge < -0.3 is 15.2 Å². The fourth-order valence-electron chi connectivity index (χ4n) is 2.09. The number of ether oxygens (including phenoxy) is 2. The molecule has 0 aliphatic rings. The van der Waals surface area contributed by atoms with Gasteiger partial charge in [-0.15, -0.1) is 0 Å². The first-order valence-electron chi connectivity index (χ1n) is 6.19. The molecule has 0 spiro atoms. The van der Waals surface area contributed by atoms with Crippen LogP contribution in [0.15, 0.2) is 36.4 Å². The highest BCUT2D eigenvalue weighted by Crippen LogP contribution is 2.28. The van der Waals surface area contributed by atoms with E-state index in [1.807, 2.05) is 18.2 Å². The van der Waals surface area contributed by atoms with Crippen molar-refractivity contribution < 1.29 is 9.47 Å². The molecule has 0 aliphatic heterocycles. The van der Waals surface area contributed by atoms with Crippen molar-refractivity contribution in [3.8, 4) is 5.75 Å². The molecule has 3 heteroatoms. The predicted octanol–water partition coefficient (Wildman–Crippen LogP) is 2.37. The zero-order chi connectivity index (χ0) is 12.8. The van der Waals surface area contributed by atoms with Gasteiger partial charge >= 0.3 is 0 Å². The van der Waals surface area contributed by atoms with Crippen LogP contribution in [-0.2, 0) is 11.2 Å². The van der Waals surface area contributed by atoms with E-state index in [-0.39, 0.29) is 0 Å². The van der Waals surface area contributed by atoms with Crippen molar-refractivity contribution in [2.75, 3.05) is 26.9 Å². The first-order chi connectivity index (χ1) is 8.86. The van der Waals surface area contributed by atoms with E-state index in [2.05, 4.69) is 18.2 Å². The molecule has 0 fully saturated rings. The summed E-state index contributed by atoms with van der Waals surface area (Å²) in [5.41, 5.74) is 6.88. The highest BCUT2D eigenvalue weighted by atomic mass is 16.5. The van der Waals surface area contributed by atoms with Crippen molar-refractivity contribution in [3.63, 3.8) is 0 Å². The van der Waals surface area contributed by atoms with E-state index >= 15 is 0 Å². The molecule has 0 aliphatic carbocycles. The summed E-state index contributed by atoms with van der Waals surface area (Å²) in [5.74, 6) is 0.913. The number of benzene rings is 2. The normalized spacial score (nSPS) is 10.8. The zero-order valence-corrected chi connectivity index (χ0v) is 10.7. The number of fused-ring (bicyclic) bond motifs is 1. The van der Waals surface area contributed by atoms with E-state index in [0.29, 0.717) is 19.8 Å². The third kappa shape index (κ3) is 2.81. The summed E-state index contributed by atoms with van der Waals surface area (Å²) in [7, 11) is 1.67. The second-order valence-corrected chi connectivity index (χ2v) is 4.14. The Morgan fingerprint density at radius 3 is 2.67 bits per heavy atom. The van der Waals surface area contributed by atoms with Gasteiger partial charge in [-0.1, -0.05) is 30.3 Å². The van der Waals surface area contributed by atoms with Gasteiger partial charge in [0, 0.05) is 12.7 Å². The molecule has 0 saturated heterocycles. The standard InChI is InChI=1S/C15H19NO2/c1-17-10-11-18-15-7-6-12-4-2-3-5-13(12)14(15)8-9-16/h2-7H,8-11,16H2,1H3. The summed E-state index contributed by atoms with van der Waals surface area (Å²) in [6, 6.07) is 12.4. The first kappa shape index (κ1) is 12.9. The zero-order valence-electron chi connectivity index (χ0n) is 10.7. The lowest BCUT2D eigenvalue weighted by atomic mass is 10.0. The summed E-state index contributed by atoms with van der Waals surface area (Å²) >= 11 is 0. The molecule has 0 radical (unpaired) electrons. The van der Waals surface area contributed by atoms with Crippen LogP contribution in [0.3, 0.4) is 0 Å². The Morgan fingerprint density at radius 1 is 1.06 bits per heavy atom. The average Bonchev–Trinajstić information content (AvgIpc) is 2.41. The maximum atomic E-state index is 5.76. The fraction of sp³-hybridized carbons (Fsp3) is 0.333. The Labute approximate surface area is 108 Å². The van der Waals surface area contributed by atoms with Gasteiger partial charge in [-0.2, -0.15) is 0 Å². The Balaban J connectivity index is 2.35. The lowest BCUT2D eigenvalue weighted by Crippen LogP contribution is -2.09. The van der Waals surface area contributed by atoms with Crippen LogP contribution in [0.25, 0.3) is 10.8 Å². The quantitative estimate of drug-likeness (QED) is 0.795. The van der Waals surface area contributed by atoms with E-state index in [1.165, 1.54) is 16.3 Å². The molecule has 2 rings (SSSR count). The number of methoxy groups -OCH3 is 1. The predicted molar refractivity (Wildman–Crippen MR) is 74.1 cm³/mol. The average molecular weight is 245 g/mol. The monoisotopic (exact) mass is 245 g/mol. The van der Waals surface area contributed by atoms with Crippen LogP contribution in [0, 0.1) is 0 Å². The van der Waals surface area contributed by atoms with Gasteiger partial charge in [0.2, 0.25) is 0 Å². The number of hydrogen-bond donors (Lipinski definition) is 1. The van der Waals surface area contributed by atoms with Gasteiger partial charge in [0.1, 0.15) is 12.4 Å². The van der Waals surface area contributed by atoms with Crippen LogP contribution in [-0.4, -0.2) is 26.9 Å². The van der Waals surface area contributed by atoms with Crippen LogP contribution >= 0.6 is 0 Å². The molecule has 0 amide bonds. The van der Waals surface area contributed by atoms with Crippen LogP contribution in [0.2, 0.25) is 0 Å². The molecule has 3 nitrogen and oxygen atoms in total. The van der Waals surface area contributed by atoms with E-state index in [4.69, 9.17) is 15.2 Å². The maximum absolute atomic E-state index is 5.76. The van der Waals surface area contributed by atoms with Gasteiger partial charge in [-0.05, 0) is 29.8 Å². The summed E-state index contributed by atoms with van der Waals surface area (Å²) < 4.78 is 10.8. The molecular formula is C15H19NO2. The molecule has 96 valence electrons. The van der Waals surface area contributed by atoms with Crippen LogP contribution < -0.4 is 10.5 Å². The van der Waals surface area contributed by atoms with Gasteiger partial charge in [0.25, 0.3) is 0 Å². The minimum atomic E-state index is 0.562. The van der Waals surface area contributed by atoms with Crippen LogP contribution in [0.1, 0.15) is 5.56 Å². The summed E-state index contributed by atoms with van der Waals surface area (Å²) in [6.07, 6.45) is 0.823. The second-order valence-electron chi connectivity index (χ2n) is 4.14. The number of rotatable bonds is 6. The minimum absolute atomic E-state index is 0.562. The third-order valence-corrected chi connectivity index (χ3v) is 2.94. The number of nitrogens with two attached hydrogens (primary N) is 1. The largest absolute Gasteiger partial charge is 0.491 e. The molecule has 0 aromatic heterocycles. The lowest BCUT2D eigenvalue weighted by Gasteiger charge is -2.13. The van der Waals surface area contributed by atoms with Crippen molar-refractivity contribution >= 4 is 10.8 Å². The van der Waals surface area contributed by atoms with Gasteiger partial charge in [0.15, 0.2) is 0 Å².